The summed E-state index contributed by atoms with van der Waals surface area (Å²) in [5.74, 6) is 0.607. The lowest BCUT2D eigenvalue weighted by Crippen LogP contribution is -2.31. The number of rotatable bonds is 3. The Labute approximate surface area is 113 Å². The Balaban J connectivity index is 2.38. The van der Waals surface area contributed by atoms with E-state index in [1.807, 2.05) is 12.1 Å². The van der Waals surface area contributed by atoms with E-state index in [1.165, 1.54) is 0 Å². The average Bonchev–Trinajstić information content (AvgIpc) is 2.62. The third kappa shape index (κ3) is 2.45. The molecule has 2 nitrogen and oxygen atoms in total. The van der Waals surface area contributed by atoms with Crippen molar-refractivity contribution < 1.29 is 0 Å². The maximum atomic E-state index is 6.28. The van der Waals surface area contributed by atoms with Crippen LogP contribution in [0, 0.1) is 5.92 Å². The first kappa shape index (κ1) is 13.2. The Kier molecular flexibility index (Phi) is 3.99. The van der Waals surface area contributed by atoms with Gasteiger partial charge in [0.25, 0.3) is 0 Å². The van der Waals surface area contributed by atoms with Gasteiger partial charge in [0, 0.05) is 35.7 Å². The third-order valence-corrected chi connectivity index (χ3v) is 3.89. The Hall–Kier alpha value is -0.280. The van der Waals surface area contributed by atoms with Gasteiger partial charge in [-0.25, -0.2) is 0 Å². The van der Waals surface area contributed by atoms with E-state index in [4.69, 9.17) is 28.9 Å². The number of hydrogen-bond acceptors (Lipinski definition) is 2. The molecule has 1 aliphatic heterocycles. The van der Waals surface area contributed by atoms with Crippen molar-refractivity contribution in [2.45, 2.75) is 26.4 Å². The number of nitrogens with two attached hydrogens (primary N) is 1. The molecule has 0 radical (unpaired) electrons. The maximum absolute atomic E-state index is 6.28. The van der Waals surface area contributed by atoms with Gasteiger partial charge in [-0.2, -0.15) is 0 Å². The zero-order valence-electron chi connectivity index (χ0n) is 10.2. The van der Waals surface area contributed by atoms with Crippen molar-refractivity contribution in [2.75, 3.05) is 13.1 Å². The first-order valence-electron chi connectivity index (χ1n) is 5.95. The van der Waals surface area contributed by atoms with E-state index in [9.17, 15) is 0 Å². The lowest BCUT2D eigenvalue weighted by atomic mass is 10.0. The van der Waals surface area contributed by atoms with Crippen LogP contribution in [0.25, 0.3) is 0 Å². The SMILES string of the molecule is CC(C)CN1Cc2c(Cl)ccc(Cl)c2C1CN. The summed E-state index contributed by atoms with van der Waals surface area (Å²) in [6.45, 7) is 6.87. The van der Waals surface area contributed by atoms with E-state index < -0.39 is 0 Å². The van der Waals surface area contributed by atoms with E-state index in [0.29, 0.717) is 12.5 Å². The van der Waals surface area contributed by atoms with Crippen LogP contribution in [0.2, 0.25) is 10.0 Å². The predicted octanol–water partition coefficient (Wildman–Crippen LogP) is 3.46. The predicted molar refractivity (Wildman–Crippen MR) is 73.5 cm³/mol. The minimum atomic E-state index is 0.207. The van der Waals surface area contributed by atoms with Gasteiger partial charge in [-0.05, 0) is 29.2 Å². The molecule has 4 heteroatoms. The van der Waals surface area contributed by atoms with Gasteiger partial charge in [0.1, 0.15) is 0 Å². The Morgan fingerprint density at radius 2 is 2.00 bits per heavy atom. The monoisotopic (exact) mass is 272 g/mol. The molecule has 0 saturated heterocycles. The van der Waals surface area contributed by atoms with Crippen LogP contribution in [0.15, 0.2) is 12.1 Å². The molecule has 1 aliphatic rings. The van der Waals surface area contributed by atoms with Crippen LogP contribution >= 0.6 is 23.2 Å². The van der Waals surface area contributed by atoms with Crippen LogP contribution in [-0.4, -0.2) is 18.0 Å². The highest BCUT2D eigenvalue weighted by Gasteiger charge is 2.32. The van der Waals surface area contributed by atoms with Crippen LogP contribution in [0.1, 0.15) is 31.0 Å². The molecule has 0 bridgehead atoms. The minimum absolute atomic E-state index is 0.207. The number of hydrogen-bond donors (Lipinski definition) is 1. The van der Waals surface area contributed by atoms with E-state index in [-0.39, 0.29) is 6.04 Å². The summed E-state index contributed by atoms with van der Waals surface area (Å²) in [7, 11) is 0. The van der Waals surface area contributed by atoms with Crippen LogP contribution in [-0.2, 0) is 6.54 Å². The molecule has 1 aromatic carbocycles. The number of fused-ring (bicyclic) bond motifs is 1. The van der Waals surface area contributed by atoms with Crippen molar-refractivity contribution in [3.63, 3.8) is 0 Å². The smallest absolute Gasteiger partial charge is 0.0492 e. The highest BCUT2D eigenvalue weighted by molar-refractivity contribution is 6.34. The molecule has 1 atom stereocenters. The van der Waals surface area contributed by atoms with Crippen molar-refractivity contribution in [3.8, 4) is 0 Å². The summed E-state index contributed by atoms with van der Waals surface area (Å²) in [5, 5.41) is 1.58. The first-order valence-corrected chi connectivity index (χ1v) is 6.71. The fourth-order valence-corrected chi connectivity index (χ4v) is 3.08. The third-order valence-electron chi connectivity index (χ3n) is 3.20. The summed E-state index contributed by atoms with van der Waals surface area (Å²) in [6.07, 6.45) is 0. The fraction of sp³-hybridized carbons (Fsp3) is 0.538. The molecule has 1 unspecified atom stereocenters. The lowest BCUT2D eigenvalue weighted by molar-refractivity contribution is 0.195. The lowest BCUT2D eigenvalue weighted by Gasteiger charge is -2.25. The summed E-state index contributed by atoms with van der Waals surface area (Å²) in [4.78, 5) is 2.37. The zero-order valence-corrected chi connectivity index (χ0v) is 11.7. The van der Waals surface area contributed by atoms with Gasteiger partial charge in [0.05, 0.1) is 0 Å². The normalized spacial score (nSPS) is 20.0. The summed E-state index contributed by atoms with van der Waals surface area (Å²) in [6, 6.07) is 3.94. The molecule has 0 aliphatic carbocycles. The first-order chi connectivity index (χ1) is 8.04. The molecule has 2 N–H and O–H groups in total. The second-order valence-corrected chi connectivity index (χ2v) is 5.81. The molecule has 17 heavy (non-hydrogen) atoms. The largest absolute Gasteiger partial charge is 0.329 e. The van der Waals surface area contributed by atoms with Crippen molar-refractivity contribution in [3.05, 3.63) is 33.3 Å². The molecule has 1 aromatic rings. The average molecular weight is 273 g/mol. The molecule has 0 aromatic heterocycles. The van der Waals surface area contributed by atoms with Gasteiger partial charge in [0.15, 0.2) is 0 Å². The van der Waals surface area contributed by atoms with E-state index in [0.717, 1.165) is 34.3 Å². The second kappa shape index (κ2) is 5.15. The Morgan fingerprint density at radius 3 is 2.59 bits per heavy atom. The molecule has 0 fully saturated rings. The van der Waals surface area contributed by atoms with Crippen LogP contribution in [0.3, 0.4) is 0 Å². The summed E-state index contributed by atoms with van der Waals surface area (Å²) < 4.78 is 0. The van der Waals surface area contributed by atoms with Gasteiger partial charge in [-0.3, -0.25) is 4.90 Å². The molecular weight excluding hydrogens is 255 g/mol. The standard InChI is InChI=1S/C13H18Cl2N2/c1-8(2)6-17-7-9-10(14)3-4-11(15)13(9)12(17)5-16/h3-4,8,12H,5-7,16H2,1-2H3. The van der Waals surface area contributed by atoms with Crippen LogP contribution in [0.4, 0.5) is 0 Å². The van der Waals surface area contributed by atoms with Gasteiger partial charge in [-0.15, -0.1) is 0 Å². The van der Waals surface area contributed by atoms with Gasteiger partial charge in [-0.1, -0.05) is 37.0 Å². The van der Waals surface area contributed by atoms with Crippen LogP contribution in [0.5, 0.6) is 0 Å². The highest BCUT2D eigenvalue weighted by atomic mass is 35.5. The molecule has 0 saturated carbocycles. The molecule has 94 valence electrons. The van der Waals surface area contributed by atoms with Gasteiger partial charge >= 0.3 is 0 Å². The maximum Gasteiger partial charge on any atom is 0.0492 e. The van der Waals surface area contributed by atoms with E-state index >= 15 is 0 Å². The van der Waals surface area contributed by atoms with Crippen LogP contribution < -0.4 is 5.73 Å². The number of nitrogens with zero attached hydrogens (tertiary/aromatic N) is 1. The zero-order chi connectivity index (χ0) is 12.6. The molecule has 2 rings (SSSR count). The number of benzene rings is 1. The molecule has 1 heterocycles. The Bertz CT molecular complexity index is 418. The summed E-state index contributed by atoms with van der Waals surface area (Å²) >= 11 is 12.5. The van der Waals surface area contributed by atoms with E-state index in [2.05, 4.69) is 18.7 Å². The van der Waals surface area contributed by atoms with Gasteiger partial charge < -0.3 is 5.73 Å². The van der Waals surface area contributed by atoms with Gasteiger partial charge in [0.2, 0.25) is 0 Å². The topological polar surface area (TPSA) is 29.3 Å². The quantitative estimate of drug-likeness (QED) is 0.913. The molecule has 0 amide bonds. The van der Waals surface area contributed by atoms with Crippen molar-refractivity contribution >= 4 is 23.2 Å². The summed E-state index contributed by atoms with van der Waals surface area (Å²) in [5.41, 5.74) is 8.17. The van der Waals surface area contributed by atoms with E-state index in [1.54, 1.807) is 0 Å². The second-order valence-electron chi connectivity index (χ2n) is 5.00. The minimum Gasteiger partial charge on any atom is -0.329 e. The van der Waals surface area contributed by atoms with Crippen molar-refractivity contribution in [2.24, 2.45) is 11.7 Å². The number of halogens is 2. The molecular formula is C13H18Cl2N2. The highest BCUT2D eigenvalue weighted by Crippen LogP contribution is 2.41. The van der Waals surface area contributed by atoms with Crippen molar-refractivity contribution in [1.29, 1.82) is 0 Å². The Morgan fingerprint density at radius 1 is 1.35 bits per heavy atom. The fourth-order valence-electron chi connectivity index (χ4n) is 2.55. The molecule has 0 spiro atoms. The van der Waals surface area contributed by atoms with Crippen molar-refractivity contribution in [1.82, 2.24) is 4.90 Å².